The summed E-state index contributed by atoms with van der Waals surface area (Å²) in [6.45, 7) is 3.79. The second-order valence-electron chi connectivity index (χ2n) is 6.95. The Balaban J connectivity index is 1.78. The summed E-state index contributed by atoms with van der Waals surface area (Å²) in [6.07, 6.45) is 3.70. The van der Waals surface area contributed by atoms with E-state index < -0.39 is 0 Å². The van der Waals surface area contributed by atoms with E-state index in [2.05, 4.69) is 10.1 Å². The number of hydrogen-bond acceptors (Lipinski definition) is 4. The van der Waals surface area contributed by atoms with Gasteiger partial charge in [0, 0.05) is 23.7 Å². The molecule has 7 heteroatoms. The van der Waals surface area contributed by atoms with Crippen molar-refractivity contribution < 1.29 is 4.74 Å². The Bertz CT molecular complexity index is 1430. The zero-order valence-electron chi connectivity index (χ0n) is 16.3. The van der Waals surface area contributed by atoms with Gasteiger partial charge in [-0.25, -0.2) is 14.5 Å². The highest BCUT2D eigenvalue weighted by Crippen LogP contribution is 2.29. The van der Waals surface area contributed by atoms with E-state index in [1.54, 1.807) is 7.11 Å². The minimum Gasteiger partial charge on any atom is -0.493 e. The quantitative estimate of drug-likeness (QED) is 0.515. The molecule has 0 saturated heterocycles. The molecule has 4 aromatic heterocycles. The van der Waals surface area contributed by atoms with Crippen LogP contribution in [0, 0.1) is 13.8 Å². The number of H-pyrrole nitrogens is 1. The topological polar surface area (TPSA) is 76.7 Å². The van der Waals surface area contributed by atoms with Crippen LogP contribution < -0.4 is 10.3 Å². The van der Waals surface area contributed by atoms with Gasteiger partial charge in [-0.15, -0.1) is 0 Å². The maximum absolute atomic E-state index is 13.4. The standard InChI is InChI=1S/C22H19N5O2/c1-13-19(16-12-26-11-7-10-17(29-3)20(26)24-16)22(28)27-21(23-13)18(14(2)25-27)15-8-5-4-6-9-15/h4-12,25H,1-3H3. The third kappa shape index (κ3) is 2.55. The maximum Gasteiger partial charge on any atom is 0.282 e. The zero-order valence-corrected chi connectivity index (χ0v) is 16.3. The van der Waals surface area contributed by atoms with Gasteiger partial charge in [0.15, 0.2) is 17.0 Å². The van der Waals surface area contributed by atoms with Crippen LogP contribution in [-0.4, -0.2) is 31.1 Å². The first-order valence-electron chi connectivity index (χ1n) is 9.28. The first kappa shape index (κ1) is 17.2. The predicted molar refractivity (Wildman–Crippen MR) is 111 cm³/mol. The maximum atomic E-state index is 13.4. The second-order valence-corrected chi connectivity index (χ2v) is 6.95. The summed E-state index contributed by atoms with van der Waals surface area (Å²) in [7, 11) is 1.60. The molecular formula is C22H19N5O2. The van der Waals surface area contributed by atoms with Crippen LogP contribution in [-0.2, 0) is 0 Å². The SMILES string of the molecule is COc1cccn2cc(-c3c(C)nc4c(-c5ccccc5)c(C)[nH]n4c3=O)nc12. The summed E-state index contributed by atoms with van der Waals surface area (Å²) in [4.78, 5) is 22.8. The molecule has 0 unspecified atom stereocenters. The highest BCUT2D eigenvalue weighted by Gasteiger charge is 2.20. The molecule has 0 amide bonds. The van der Waals surface area contributed by atoms with Gasteiger partial charge in [-0.3, -0.25) is 9.89 Å². The number of nitrogens with zero attached hydrogens (tertiary/aromatic N) is 4. The van der Waals surface area contributed by atoms with Crippen molar-refractivity contribution in [3.05, 3.63) is 76.6 Å². The lowest BCUT2D eigenvalue weighted by Gasteiger charge is -2.04. The van der Waals surface area contributed by atoms with E-state index in [4.69, 9.17) is 9.72 Å². The monoisotopic (exact) mass is 385 g/mol. The van der Waals surface area contributed by atoms with Crippen LogP contribution >= 0.6 is 0 Å². The smallest absolute Gasteiger partial charge is 0.282 e. The molecule has 7 nitrogen and oxygen atoms in total. The average Bonchev–Trinajstić information content (AvgIpc) is 3.29. The molecule has 0 atom stereocenters. The van der Waals surface area contributed by atoms with Crippen LogP contribution in [0.5, 0.6) is 5.75 Å². The van der Waals surface area contributed by atoms with Gasteiger partial charge in [0.05, 0.1) is 24.1 Å². The molecule has 0 aliphatic rings. The molecule has 0 aliphatic carbocycles. The second kappa shape index (κ2) is 6.34. The van der Waals surface area contributed by atoms with E-state index in [-0.39, 0.29) is 5.56 Å². The third-order valence-corrected chi connectivity index (χ3v) is 5.13. The lowest BCUT2D eigenvalue weighted by atomic mass is 10.1. The first-order chi connectivity index (χ1) is 14.1. The van der Waals surface area contributed by atoms with E-state index in [1.807, 2.05) is 73.1 Å². The molecule has 0 spiro atoms. The number of fused-ring (bicyclic) bond motifs is 2. The Morgan fingerprint density at radius 2 is 1.76 bits per heavy atom. The molecule has 144 valence electrons. The number of hydrogen-bond donors (Lipinski definition) is 1. The molecule has 4 heterocycles. The highest BCUT2D eigenvalue weighted by molar-refractivity contribution is 5.81. The number of aromatic amines is 1. The lowest BCUT2D eigenvalue weighted by molar-refractivity contribution is 0.417. The van der Waals surface area contributed by atoms with Crippen LogP contribution in [0.1, 0.15) is 11.4 Å². The molecule has 0 radical (unpaired) electrons. The number of benzene rings is 1. The van der Waals surface area contributed by atoms with E-state index in [1.165, 1.54) is 4.52 Å². The summed E-state index contributed by atoms with van der Waals surface area (Å²) < 4.78 is 8.73. The van der Waals surface area contributed by atoms with Crippen molar-refractivity contribution in [2.24, 2.45) is 0 Å². The molecule has 5 rings (SSSR count). The van der Waals surface area contributed by atoms with Crippen molar-refractivity contribution in [1.29, 1.82) is 0 Å². The third-order valence-electron chi connectivity index (χ3n) is 5.13. The van der Waals surface area contributed by atoms with Crippen molar-refractivity contribution in [2.75, 3.05) is 7.11 Å². The highest BCUT2D eigenvalue weighted by atomic mass is 16.5. The molecule has 1 N–H and O–H groups in total. The van der Waals surface area contributed by atoms with Crippen LogP contribution in [0.4, 0.5) is 0 Å². The van der Waals surface area contributed by atoms with Gasteiger partial charge in [0.2, 0.25) is 0 Å². The number of aromatic nitrogens is 5. The fraction of sp³-hybridized carbons (Fsp3) is 0.136. The van der Waals surface area contributed by atoms with Gasteiger partial charge in [0.1, 0.15) is 0 Å². The Hall–Kier alpha value is -3.87. The van der Waals surface area contributed by atoms with Gasteiger partial charge < -0.3 is 9.14 Å². The van der Waals surface area contributed by atoms with Gasteiger partial charge in [0.25, 0.3) is 5.56 Å². The summed E-state index contributed by atoms with van der Waals surface area (Å²) in [5, 5.41) is 3.17. The molecule has 0 fully saturated rings. The van der Waals surface area contributed by atoms with E-state index >= 15 is 0 Å². The molecule has 29 heavy (non-hydrogen) atoms. The van der Waals surface area contributed by atoms with Crippen LogP contribution in [0.3, 0.4) is 0 Å². The fourth-order valence-electron chi connectivity index (χ4n) is 3.80. The van der Waals surface area contributed by atoms with Gasteiger partial charge in [-0.05, 0) is 31.5 Å². The van der Waals surface area contributed by atoms with Gasteiger partial charge >= 0.3 is 0 Å². The lowest BCUT2D eigenvalue weighted by Crippen LogP contribution is -2.19. The molecule has 0 aliphatic heterocycles. The van der Waals surface area contributed by atoms with Crippen LogP contribution in [0.15, 0.2) is 59.7 Å². The Labute approximate surface area is 166 Å². The molecule has 0 bridgehead atoms. The fourth-order valence-corrected chi connectivity index (χ4v) is 3.80. The van der Waals surface area contributed by atoms with Crippen molar-refractivity contribution in [1.82, 2.24) is 24.0 Å². The van der Waals surface area contributed by atoms with Crippen molar-refractivity contribution >= 4 is 11.3 Å². The van der Waals surface area contributed by atoms with E-state index in [0.717, 1.165) is 16.8 Å². The molecular weight excluding hydrogens is 366 g/mol. The van der Waals surface area contributed by atoms with Crippen LogP contribution in [0.25, 0.3) is 33.7 Å². The van der Waals surface area contributed by atoms with Crippen molar-refractivity contribution in [3.63, 3.8) is 0 Å². The van der Waals surface area contributed by atoms with E-state index in [0.29, 0.717) is 34.0 Å². The molecule has 5 aromatic rings. The summed E-state index contributed by atoms with van der Waals surface area (Å²) in [5.74, 6) is 0.646. The molecule has 1 aromatic carbocycles. The summed E-state index contributed by atoms with van der Waals surface area (Å²) in [6, 6.07) is 13.7. The average molecular weight is 385 g/mol. The normalized spacial score (nSPS) is 11.4. The Kier molecular flexibility index (Phi) is 3.77. The Morgan fingerprint density at radius 3 is 2.52 bits per heavy atom. The Morgan fingerprint density at radius 1 is 0.966 bits per heavy atom. The number of pyridine rings is 1. The van der Waals surface area contributed by atoms with Crippen molar-refractivity contribution in [3.8, 4) is 28.1 Å². The number of rotatable bonds is 3. The summed E-state index contributed by atoms with van der Waals surface area (Å²) in [5.41, 5.74) is 5.57. The van der Waals surface area contributed by atoms with E-state index in [9.17, 15) is 4.79 Å². The molecule has 0 saturated carbocycles. The van der Waals surface area contributed by atoms with Crippen molar-refractivity contribution in [2.45, 2.75) is 13.8 Å². The predicted octanol–water partition coefficient (Wildman–Crippen LogP) is 3.63. The van der Waals surface area contributed by atoms with Gasteiger partial charge in [-0.2, -0.15) is 0 Å². The number of methoxy groups -OCH3 is 1. The minimum absolute atomic E-state index is 0.180. The minimum atomic E-state index is -0.180. The number of aryl methyl sites for hydroxylation is 2. The first-order valence-corrected chi connectivity index (χ1v) is 9.28. The zero-order chi connectivity index (χ0) is 20.1. The largest absolute Gasteiger partial charge is 0.493 e. The number of imidazole rings is 1. The number of ether oxygens (including phenoxy) is 1. The van der Waals surface area contributed by atoms with Gasteiger partial charge in [-0.1, -0.05) is 30.3 Å². The van der Waals surface area contributed by atoms with Crippen LogP contribution in [0.2, 0.25) is 0 Å². The number of nitrogens with one attached hydrogen (secondary N) is 1. The summed E-state index contributed by atoms with van der Waals surface area (Å²) >= 11 is 0.